The van der Waals surface area contributed by atoms with Crippen LogP contribution in [-0.2, 0) is 11.3 Å². The van der Waals surface area contributed by atoms with E-state index in [9.17, 15) is 4.79 Å². The fourth-order valence-electron chi connectivity index (χ4n) is 2.17. The number of piperidine rings is 1. The second kappa shape index (κ2) is 6.40. The van der Waals surface area contributed by atoms with Gasteiger partial charge in [0.05, 0.1) is 13.2 Å². The van der Waals surface area contributed by atoms with E-state index in [2.05, 4.69) is 10.6 Å². The molecule has 98 valence electrons. The summed E-state index contributed by atoms with van der Waals surface area (Å²) in [6.07, 6.45) is 3.23. The molecule has 0 saturated carbocycles. The third-order valence-electron chi connectivity index (χ3n) is 3.23. The number of hydrogen-bond acceptors (Lipinski definition) is 3. The van der Waals surface area contributed by atoms with E-state index in [4.69, 9.17) is 4.74 Å². The van der Waals surface area contributed by atoms with Gasteiger partial charge in [0, 0.05) is 6.54 Å². The molecule has 1 amide bonds. The van der Waals surface area contributed by atoms with Gasteiger partial charge < -0.3 is 15.4 Å². The summed E-state index contributed by atoms with van der Waals surface area (Å²) in [5.74, 6) is 0.912. The van der Waals surface area contributed by atoms with Gasteiger partial charge in [0.15, 0.2) is 0 Å². The molecule has 1 aromatic rings. The molecule has 1 aliphatic heterocycles. The summed E-state index contributed by atoms with van der Waals surface area (Å²) < 4.78 is 5.15. The second-order valence-corrected chi connectivity index (χ2v) is 4.57. The van der Waals surface area contributed by atoms with Gasteiger partial charge in [-0.05, 0) is 37.1 Å². The Balaban J connectivity index is 1.84. The fraction of sp³-hybridized carbons (Fsp3) is 0.500. The van der Waals surface area contributed by atoms with Gasteiger partial charge in [0.25, 0.3) is 0 Å². The quantitative estimate of drug-likeness (QED) is 0.848. The van der Waals surface area contributed by atoms with Crippen molar-refractivity contribution in [3.63, 3.8) is 0 Å². The first kappa shape index (κ1) is 12.9. The van der Waals surface area contributed by atoms with Gasteiger partial charge in [-0.25, -0.2) is 0 Å². The van der Waals surface area contributed by atoms with Crippen molar-refractivity contribution in [2.75, 3.05) is 13.7 Å². The number of ether oxygens (including phenoxy) is 1. The number of rotatable bonds is 4. The Morgan fingerprint density at radius 3 is 3.11 bits per heavy atom. The first-order valence-electron chi connectivity index (χ1n) is 6.43. The summed E-state index contributed by atoms with van der Waals surface area (Å²) in [6.45, 7) is 1.49. The molecule has 0 spiro atoms. The topological polar surface area (TPSA) is 50.4 Å². The number of methoxy groups -OCH3 is 1. The highest BCUT2D eigenvalue weighted by molar-refractivity contribution is 5.81. The summed E-state index contributed by atoms with van der Waals surface area (Å²) in [5, 5.41) is 6.20. The molecule has 2 N–H and O–H groups in total. The van der Waals surface area contributed by atoms with Crippen molar-refractivity contribution in [3.8, 4) is 5.75 Å². The van der Waals surface area contributed by atoms with Crippen molar-refractivity contribution in [2.24, 2.45) is 0 Å². The SMILES string of the molecule is COc1cccc(CNC(=O)C2CCCCN2)c1. The van der Waals surface area contributed by atoms with Crippen molar-refractivity contribution in [1.29, 1.82) is 0 Å². The first-order chi connectivity index (χ1) is 8.79. The number of carbonyl (C=O) groups is 1. The van der Waals surface area contributed by atoms with Gasteiger partial charge in [-0.1, -0.05) is 18.6 Å². The maximum absolute atomic E-state index is 11.9. The minimum atomic E-state index is -0.0237. The average Bonchev–Trinajstić information content (AvgIpc) is 2.46. The lowest BCUT2D eigenvalue weighted by Crippen LogP contribution is -2.46. The first-order valence-corrected chi connectivity index (χ1v) is 6.43. The standard InChI is InChI=1S/C14H20N2O2/c1-18-12-6-4-5-11(9-12)10-16-14(17)13-7-2-3-8-15-13/h4-6,9,13,15H,2-3,7-8,10H2,1H3,(H,16,17). The molecular formula is C14H20N2O2. The Bertz CT molecular complexity index is 401. The molecule has 1 saturated heterocycles. The van der Waals surface area contributed by atoms with Gasteiger partial charge in [-0.3, -0.25) is 4.79 Å². The van der Waals surface area contributed by atoms with E-state index in [-0.39, 0.29) is 11.9 Å². The van der Waals surface area contributed by atoms with Crippen molar-refractivity contribution in [1.82, 2.24) is 10.6 Å². The molecule has 1 atom stereocenters. The highest BCUT2D eigenvalue weighted by atomic mass is 16.5. The number of amides is 1. The van der Waals surface area contributed by atoms with Crippen molar-refractivity contribution < 1.29 is 9.53 Å². The Morgan fingerprint density at radius 2 is 2.39 bits per heavy atom. The van der Waals surface area contributed by atoms with E-state index in [0.29, 0.717) is 6.54 Å². The summed E-state index contributed by atoms with van der Waals surface area (Å²) in [6, 6.07) is 7.73. The molecule has 0 aliphatic carbocycles. The summed E-state index contributed by atoms with van der Waals surface area (Å²) >= 11 is 0. The number of hydrogen-bond donors (Lipinski definition) is 2. The lowest BCUT2D eigenvalue weighted by molar-refractivity contribution is -0.123. The van der Waals surface area contributed by atoms with E-state index >= 15 is 0 Å². The lowest BCUT2D eigenvalue weighted by Gasteiger charge is -2.22. The Morgan fingerprint density at radius 1 is 1.50 bits per heavy atom. The van der Waals surface area contributed by atoms with Crippen LogP contribution in [0.15, 0.2) is 24.3 Å². The molecule has 18 heavy (non-hydrogen) atoms. The maximum Gasteiger partial charge on any atom is 0.237 e. The van der Waals surface area contributed by atoms with Crippen LogP contribution < -0.4 is 15.4 Å². The van der Waals surface area contributed by atoms with E-state index in [1.54, 1.807) is 7.11 Å². The summed E-state index contributed by atoms with van der Waals surface area (Å²) in [4.78, 5) is 11.9. The van der Waals surface area contributed by atoms with E-state index in [0.717, 1.165) is 30.7 Å². The molecular weight excluding hydrogens is 228 g/mol. The minimum Gasteiger partial charge on any atom is -0.497 e. The van der Waals surface area contributed by atoms with Crippen LogP contribution >= 0.6 is 0 Å². The van der Waals surface area contributed by atoms with E-state index in [1.165, 1.54) is 6.42 Å². The van der Waals surface area contributed by atoms with Crippen LogP contribution in [0.4, 0.5) is 0 Å². The van der Waals surface area contributed by atoms with Crippen LogP contribution in [0.1, 0.15) is 24.8 Å². The van der Waals surface area contributed by atoms with Crippen LogP contribution in [0.2, 0.25) is 0 Å². The molecule has 4 nitrogen and oxygen atoms in total. The lowest BCUT2D eigenvalue weighted by atomic mass is 10.0. The second-order valence-electron chi connectivity index (χ2n) is 4.57. The van der Waals surface area contributed by atoms with E-state index < -0.39 is 0 Å². The number of carbonyl (C=O) groups excluding carboxylic acids is 1. The van der Waals surface area contributed by atoms with Gasteiger partial charge in [0.1, 0.15) is 5.75 Å². The Kier molecular flexibility index (Phi) is 4.59. The molecule has 1 aliphatic rings. The van der Waals surface area contributed by atoms with Crippen LogP contribution in [0.3, 0.4) is 0 Å². The monoisotopic (exact) mass is 248 g/mol. The molecule has 0 radical (unpaired) electrons. The van der Waals surface area contributed by atoms with Gasteiger partial charge in [-0.2, -0.15) is 0 Å². The van der Waals surface area contributed by atoms with Crippen LogP contribution in [-0.4, -0.2) is 25.6 Å². The fourth-order valence-corrected chi connectivity index (χ4v) is 2.17. The smallest absolute Gasteiger partial charge is 0.237 e. The largest absolute Gasteiger partial charge is 0.497 e. The predicted molar refractivity (Wildman–Crippen MR) is 70.5 cm³/mol. The Hall–Kier alpha value is -1.55. The zero-order chi connectivity index (χ0) is 12.8. The molecule has 4 heteroatoms. The molecule has 1 fully saturated rings. The third-order valence-corrected chi connectivity index (χ3v) is 3.23. The molecule has 0 bridgehead atoms. The zero-order valence-electron chi connectivity index (χ0n) is 10.7. The van der Waals surface area contributed by atoms with Crippen molar-refractivity contribution in [3.05, 3.63) is 29.8 Å². The maximum atomic E-state index is 11.9. The normalized spacial score (nSPS) is 19.3. The molecule has 1 unspecified atom stereocenters. The third kappa shape index (κ3) is 3.47. The van der Waals surface area contributed by atoms with Crippen molar-refractivity contribution >= 4 is 5.91 Å². The van der Waals surface area contributed by atoms with Crippen LogP contribution in [0.25, 0.3) is 0 Å². The van der Waals surface area contributed by atoms with Crippen LogP contribution in [0, 0.1) is 0 Å². The molecule has 0 aromatic heterocycles. The Labute approximate surface area is 108 Å². The zero-order valence-corrected chi connectivity index (χ0v) is 10.7. The number of nitrogens with one attached hydrogen (secondary N) is 2. The predicted octanol–water partition coefficient (Wildman–Crippen LogP) is 1.45. The average molecular weight is 248 g/mol. The molecule has 1 aromatic carbocycles. The highest BCUT2D eigenvalue weighted by Crippen LogP contribution is 2.12. The van der Waals surface area contributed by atoms with E-state index in [1.807, 2.05) is 24.3 Å². The van der Waals surface area contributed by atoms with Gasteiger partial charge >= 0.3 is 0 Å². The number of benzene rings is 1. The molecule has 1 heterocycles. The minimum absolute atomic E-state index is 0.0237. The molecule has 2 rings (SSSR count). The van der Waals surface area contributed by atoms with Crippen LogP contribution in [0.5, 0.6) is 5.75 Å². The van der Waals surface area contributed by atoms with Gasteiger partial charge in [0.2, 0.25) is 5.91 Å². The summed E-state index contributed by atoms with van der Waals surface area (Å²) in [5.41, 5.74) is 1.05. The van der Waals surface area contributed by atoms with Crippen molar-refractivity contribution in [2.45, 2.75) is 31.8 Å². The summed E-state index contributed by atoms with van der Waals surface area (Å²) in [7, 11) is 1.64. The van der Waals surface area contributed by atoms with Gasteiger partial charge in [-0.15, -0.1) is 0 Å². The highest BCUT2D eigenvalue weighted by Gasteiger charge is 2.19.